The summed E-state index contributed by atoms with van der Waals surface area (Å²) in [6.45, 7) is 9.09. The van der Waals surface area contributed by atoms with Gasteiger partial charge in [-0.05, 0) is 40.7 Å². The molecule has 0 radical (unpaired) electrons. The summed E-state index contributed by atoms with van der Waals surface area (Å²) in [7, 11) is 0. The van der Waals surface area contributed by atoms with Crippen LogP contribution < -0.4 is 0 Å². The predicted molar refractivity (Wildman–Crippen MR) is 57.0 cm³/mol. The zero-order valence-electron chi connectivity index (χ0n) is 9.01. The fourth-order valence-corrected chi connectivity index (χ4v) is 0.825. The van der Waals surface area contributed by atoms with Gasteiger partial charge in [-0.1, -0.05) is 6.08 Å². The van der Waals surface area contributed by atoms with Gasteiger partial charge in [0.25, 0.3) is 0 Å². The number of ketones is 1. The number of allylic oxidation sites excluding steroid dienone is 3. The minimum absolute atomic E-state index is 0.0677. The van der Waals surface area contributed by atoms with Gasteiger partial charge in [-0.15, -0.1) is 0 Å². The minimum atomic E-state index is 0.0677. The van der Waals surface area contributed by atoms with Crippen molar-refractivity contribution < 1.29 is 4.79 Å². The molecule has 0 aliphatic carbocycles. The van der Waals surface area contributed by atoms with E-state index in [0.717, 1.165) is 11.4 Å². The van der Waals surface area contributed by atoms with Crippen LogP contribution in [-0.2, 0) is 4.79 Å². The van der Waals surface area contributed by atoms with Crippen LogP contribution in [0.5, 0.6) is 0 Å². The summed E-state index contributed by atoms with van der Waals surface area (Å²) in [5.74, 6) is 0.0677. The van der Waals surface area contributed by atoms with E-state index in [-0.39, 0.29) is 5.78 Å². The Bertz CT molecular complexity index is 278. The number of hydrogen-bond donors (Lipinski definition) is 0. The minimum Gasteiger partial charge on any atom is -0.295 e. The van der Waals surface area contributed by atoms with Crippen LogP contribution in [0.15, 0.2) is 28.4 Å². The van der Waals surface area contributed by atoms with Crippen LogP contribution in [0.2, 0.25) is 0 Å². The quantitative estimate of drug-likeness (QED) is 0.372. The van der Waals surface area contributed by atoms with E-state index >= 15 is 0 Å². The van der Waals surface area contributed by atoms with Crippen LogP contribution in [-0.4, -0.2) is 11.5 Å². The second-order valence-electron chi connectivity index (χ2n) is 3.13. The molecule has 0 heterocycles. The first-order chi connectivity index (χ1) is 5.99. The van der Waals surface area contributed by atoms with Gasteiger partial charge in [-0.25, -0.2) is 0 Å². The molecule has 0 aliphatic heterocycles. The molecular weight excluding hydrogens is 162 g/mol. The number of aliphatic imine (C=N–C) groups is 1. The molecular formula is C11H17NO. The van der Waals surface area contributed by atoms with E-state index in [0.29, 0.717) is 5.57 Å². The van der Waals surface area contributed by atoms with Crippen LogP contribution >= 0.6 is 0 Å². The molecule has 0 aromatic carbocycles. The number of Topliss-reactive ketones (excluding diaryl/α,β-unsaturated/α-hetero) is 1. The highest BCUT2D eigenvalue weighted by molar-refractivity contribution is 5.94. The molecule has 0 bridgehead atoms. The van der Waals surface area contributed by atoms with Gasteiger partial charge in [0.15, 0.2) is 5.78 Å². The molecule has 0 atom stereocenters. The first kappa shape index (κ1) is 11.8. The molecule has 0 fully saturated rings. The van der Waals surface area contributed by atoms with Gasteiger partial charge in [-0.3, -0.25) is 9.79 Å². The third-order valence-corrected chi connectivity index (χ3v) is 1.58. The topological polar surface area (TPSA) is 29.4 Å². The maximum Gasteiger partial charge on any atom is 0.157 e. The Morgan fingerprint density at radius 3 is 2.00 bits per heavy atom. The lowest BCUT2D eigenvalue weighted by atomic mass is 10.1. The van der Waals surface area contributed by atoms with E-state index in [2.05, 4.69) is 4.99 Å². The molecule has 0 N–H and O–H groups in total. The van der Waals surface area contributed by atoms with Crippen molar-refractivity contribution in [2.75, 3.05) is 0 Å². The van der Waals surface area contributed by atoms with Crippen LogP contribution in [0.25, 0.3) is 0 Å². The van der Waals surface area contributed by atoms with Crippen molar-refractivity contribution in [1.29, 1.82) is 0 Å². The number of nitrogens with zero attached hydrogens (tertiary/aromatic N) is 1. The smallest absolute Gasteiger partial charge is 0.157 e. The average molecular weight is 179 g/mol. The Balaban J connectivity index is 5.12. The molecule has 0 unspecified atom stereocenters. The van der Waals surface area contributed by atoms with E-state index in [1.165, 1.54) is 0 Å². The number of rotatable bonds is 3. The maximum absolute atomic E-state index is 11.1. The highest BCUT2D eigenvalue weighted by Gasteiger charge is 2.02. The third kappa shape index (κ3) is 4.41. The van der Waals surface area contributed by atoms with Crippen LogP contribution in [0.4, 0.5) is 0 Å². The Hall–Kier alpha value is -1.18. The van der Waals surface area contributed by atoms with Gasteiger partial charge in [0.2, 0.25) is 0 Å². The van der Waals surface area contributed by atoms with Crippen molar-refractivity contribution >= 4 is 11.5 Å². The first-order valence-corrected chi connectivity index (χ1v) is 4.35. The van der Waals surface area contributed by atoms with Crippen molar-refractivity contribution in [2.24, 2.45) is 4.99 Å². The number of carbonyl (C=O) groups is 1. The largest absolute Gasteiger partial charge is 0.295 e. The monoisotopic (exact) mass is 179 g/mol. The Morgan fingerprint density at radius 1 is 1.15 bits per heavy atom. The Labute approximate surface area is 80.1 Å². The summed E-state index contributed by atoms with van der Waals surface area (Å²) in [6, 6.07) is 0. The van der Waals surface area contributed by atoms with Crippen LogP contribution in [0.1, 0.15) is 34.6 Å². The normalized spacial score (nSPS) is 12.7. The van der Waals surface area contributed by atoms with E-state index in [9.17, 15) is 4.79 Å². The fourth-order valence-electron chi connectivity index (χ4n) is 0.825. The third-order valence-electron chi connectivity index (χ3n) is 1.58. The number of carbonyl (C=O) groups excluding carboxylic acids is 1. The van der Waals surface area contributed by atoms with Gasteiger partial charge in [0.1, 0.15) is 0 Å². The van der Waals surface area contributed by atoms with Crippen LogP contribution in [0, 0.1) is 0 Å². The van der Waals surface area contributed by atoms with Crippen molar-refractivity contribution in [3.63, 3.8) is 0 Å². The molecule has 13 heavy (non-hydrogen) atoms. The lowest BCUT2D eigenvalue weighted by Gasteiger charge is -2.00. The molecule has 0 spiro atoms. The summed E-state index contributed by atoms with van der Waals surface area (Å²) in [4.78, 5) is 15.4. The summed E-state index contributed by atoms with van der Waals surface area (Å²) in [6.07, 6.45) is 3.73. The van der Waals surface area contributed by atoms with Crippen molar-refractivity contribution in [3.8, 4) is 0 Å². The maximum atomic E-state index is 11.1. The molecule has 0 amide bonds. The standard InChI is InChI=1S/C11H17NO/c1-6-7-11(12-8(2)3)9(4)10(5)13/h6-7H,1-5H3/b7-6-,11-9-. The lowest BCUT2D eigenvalue weighted by molar-refractivity contribution is -0.113. The molecule has 0 aromatic heterocycles. The molecule has 0 saturated carbocycles. The molecule has 2 heteroatoms. The van der Waals surface area contributed by atoms with Crippen LogP contribution in [0.3, 0.4) is 0 Å². The summed E-state index contributed by atoms with van der Waals surface area (Å²) in [5, 5.41) is 0. The molecule has 72 valence electrons. The van der Waals surface area contributed by atoms with Crippen molar-refractivity contribution in [3.05, 3.63) is 23.4 Å². The van der Waals surface area contributed by atoms with Gasteiger partial charge < -0.3 is 0 Å². The van der Waals surface area contributed by atoms with Gasteiger partial charge >= 0.3 is 0 Å². The summed E-state index contributed by atoms with van der Waals surface area (Å²) >= 11 is 0. The summed E-state index contributed by atoms with van der Waals surface area (Å²) < 4.78 is 0. The molecule has 0 saturated heterocycles. The van der Waals surface area contributed by atoms with Gasteiger partial charge in [-0.2, -0.15) is 0 Å². The highest BCUT2D eigenvalue weighted by Crippen LogP contribution is 2.09. The Kier molecular flexibility index (Phi) is 4.97. The highest BCUT2D eigenvalue weighted by atomic mass is 16.1. The van der Waals surface area contributed by atoms with E-state index < -0.39 is 0 Å². The van der Waals surface area contributed by atoms with Gasteiger partial charge in [0.05, 0.1) is 5.70 Å². The van der Waals surface area contributed by atoms with Gasteiger partial charge in [0, 0.05) is 11.3 Å². The molecule has 0 aliphatic rings. The zero-order valence-corrected chi connectivity index (χ0v) is 9.01. The fraction of sp³-hybridized carbons (Fsp3) is 0.455. The SMILES string of the molecule is C/C=C\C(N=C(C)C)=C(/C)C(C)=O. The van der Waals surface area contributed by atoms with E-state index in [1.807, 2.05) is 32.9 Å². The molecule has 0 rings (SSSR count). The molecule has 0 aromatic rings. The Morgan fingerprint density at radius 2 is 1.69 bits per heavy atom. The van der Waals surface area contributed by atoms with E-state index in [4.69, 9.17) is 0 Å². The summed E-state index contributed by atoms with van der Waals surface area (Å²) in [5.41, 5.74) is 2.42. The van der Waals surface area contributed by atoms with Crippen molar-refractivity contribution in [2.45, 2.75) is 34.6 Å². The first-order valence-electron chi connectivity index (χ1n) is 4.35. The van der Waals surface area contributed by atoms with E-state index in [1.54, 1.807) is 13.8 Å². The molecule has 2 nitrogen and oxygen atoms in total. The zero-order chi connectivity index (χ0) is 10.4. The second-order valence-corrected chi connectivity index (χ2v) is 3.13. The van der Waals surface area contributed by atoms with Crippen molar-refractivity contribution in [1.82, 2.24) is 0 Å². The average Bonchev–Trinajstić information content (AvgIpc) is 2.01. The lowest BCUT2D eigenvalue weighted by Crippen LogP contribution is -1.96. The predicted octanol–water partition coefficient (Wildman–Crippen LogP) is 2.91. The second kappa shape index (κ2) is 5.46. The number of hydrogen-bond acceptors (Lipinski definition) is 2.